The van der Waals surface area contributed by atoms with Gasteiger partial charge in [-0.2, -0.15) is 0 Å². The van der Waals surface area contributed by atoms with E-state index < -0.39 is 0 Å². The zero-order valence-corrected chi connectivity index (χ0v) is 19.3. The first kappa shape index (κ1) is 22.0. The van der Waals surface area contributed by atoms with E-state index in [1.54, 1.807) is 12.1 Å². The van der Waals surface area contributed by atoms with Gasteiger partial charge in [-0.15, -0.1) is 0 Å². The molecule has 0 N–H and O–H groups in total. The minimum absolute atomic E-state index is 0.00759. The molecule has 0 spiro atoms. The zero-order valence-electron chi connectivity index (χ0n) is 17.7. The van der Waals surface area contributed by atoms with Crippen molar-refractivity contribution in [1.82, 2.24) is 9.88 Å². The SMILES string of the molecule is O=C(OC1CCCCC2CC2CC1)c1nc(Br)ccc1OCCCN1CCOCC1. The summed E-state index contributed by atoms with van der Waals surface area (Å²) in [7, 11) is 0. The number of morpholine rings is 1. The van der Waals surface area contributed by atoms with Crippen LogP contribution in [0, 0.1) is 11.8 Å². The molecule has 3 fully saturated rings. The Morgan fingerprint density at radius 1 is 1.13 bits per heavy atom. The van der Waals surface area contributed by atoms with Gasteiger partial charge in [-0.05, 0) is 78.4 Å². The Labute approximate surface area is 187 Å². The summed E-state index contributed by atoms with van der Waals surface area (Å²) in [5.41, 5.74) is 0.278. The number of hydrogen-bond donors (Lipinski definition) is 0. The van der Waals surface area contributed by atoms with Crippen LogP contribution in [0.5, 0.6) is 5.75 Å². The van der Waals surface area contributed by atoms with Crippen LogP contribution in [0.1, 0.15) is 61.9 Å². The van der Waals surface area contributed by atoms with Gasteiger partial charge in [0.2, 0.25) is 0 Å². The van der Waals surface area contributed by atoms with Crippen LogP contribution in [0.4, 0.5) is 0 Å². The van der Waals surface area contributed by atoms with E-state index in [4.69, 9.17) is 14.2 Å². The topological polar surface area (TPSA) is 60.9 Å². The summed E-state index contributed by atoms with van der Waals surface area (Å²) in [4.78, 5) is 19.7. The van der Waals surface area contributed by atoms with Crippen LogP contribution in [-0.4, -0.2) is 61.4 Å². The fourth-order valence-electron chi connectivity index (χ4n) is 4.65. The van der Waals surface area contributed by atoms with Crippen molar-refractivity contribution in [2.45, 2.75) is 57.5 Å². The number of nitrogens with zero attached hydrogens (tertiary/aromatic N) is 2. The Morgan fingerprint density at radius 3 is 2.80 bits per heavy atom. The highest BCUT2D eigenvalue weighted by Crippen LogP contribution is 2.46. The van der Waals surface area contributed by atoms with Gasteiger partial charge in [-0.3, -0.25) is 4.90 Å². The van der Waals surface area contributed by atoms with Gasteiger partial charge in [0.1, 0.15) is 10.7 Å². The average molecular weight is 481 g/mol. The average Bonchev–Trinajstić information content (AvgIpc) is 3.50. The molecule has 166 valence electrons. The predicted molar refractivity (Wildman–Crippen MR) is 118 cm³/mol. The Hall–Kier alpha value is -1.18. The van der Waals surface area contributed by atoms with Crippen molar-refractivity contribution in [1.29, 1.82) is 0 Å². The number of esters is 1. The molecule has 0 bridgehead atoms. The predicted octanol–water partition coefficient (Wildman–Crippen LogP) is 4.46. The van der Waals surface area contributed by atoms with Crippen molar-refractivity contribution >= 4 is 21.9 Å². The highest BCUT2D eigenvalue weighted by Gasteiger charge is 2.37. The van der Waals surface area contributed by atoms with Crippen LogP contribution in [-0.2, 0) is 9.47 Å². The zero-order chi connectivity index (χ0) is 20.8. The molecule has 0 radical (unpaired) electrons. The van der Waals surface area contributed by atoms with Crippen LogP contribution < -0.4 is 4.74 Å². The molecule has 3 atom stereocenters. The van der Waals surface area contributed by atoms with Crippen molar-refractivity contribution in [3.63, 3.8) is 0 Å². The molecule has 2 saturated carbocycles. The van der Waals surface area contributed by atoms with E-state index in [9.17, 15) is 4.79 Å². The molecule has 1 saturated heterocycles. The van der Waals surface area contributed by atoms with E-state index in [0.717, 1.165) is 70.4 Å². The molecule has 2 aliphatic carbocycles. The Morgan fingerprint density at radius 2 is 1.93 bits per heavy atom. The fourth-order valence-corrected chi connectivity index (χ4v) is 4.96. The molecule has 3 aliphatic rings. The van der Waals surface area contributed by atoms with E-state index in [-0.39, 0.29) is 17.8 Å². The highest BCUT2D eigenvalue weighted by atomic mass is 79.9. The van der Waals surface area contributed by atoms with Gasteiger partial charge in [0.05, 0.1) is 19.8 Å². The fraction of sp³-hybridized carbons (Fsp3) is 0.739. The molecule has 0 amide bonds. The number of pyridine rings is 1. The molecule has 0 aromatic carbocycles. The number of aromatic nitrogens is 1. The number of ether oxygens (including phenoxy) is 3. The van der Waals surface area contributed by atoms with Crippen LogP contribution in [0.2, 0.25) is 0 Å². The maximum absolute atomic E-state index is 12.9. The van der Waals surface area contributed by atoms with Gasteiger partial charge in [-0.25, -0.2) is 9.78 Å². The largest absolute Gasteiger partial charge is 0.491 e. The molecule has 1 aromatic rings. The Kier molecular flexibility index (Phi) is 8.01. The summed E-state index contributed by atoms with van der Waals surface area (Å²) < 4.78 is 17.8. The molecule has 6 nitrogen and oxygen atoms in total. The number of carbonyl (C=O) groups excluding carboxylic acids is 1. The monoisotopic (exact) mass is 480 g/mol. The van der Waals surface area contributed by atoms with Gasteiger partial charge >= 0.3 is 5.97 Å². The van der Waals surface area contributed by atoms with Gasteiger partial charge in [-0.1, -0.05) is 12.8 Å². The lowest BCUT2D eigenvalue weighted by Crippen LogP contribution is -2.37. The minimum atomic E-state index is -0.365. The second kappa shape index (κ2) is 10.9. The quantitative estimate of drug-likeness (QED) is 0.326. The van der Waals surface area contributed by atoms with Crippen LogP contribution in [0.25, 0.3) is 0 Å². The molecular weight excluding hydrogens is 448 g/mol. The van der Waals surface area contributed by atoms with Crippen LogP contribution in [0.3, 0.4) is 0 Å². The van der Waals surface area contributed by atoms with Crippen molar-refractivity contribution in [3.05, 3.63) is 22.4 Å². The smallest absolute Gasteiger partial charge is 0.361 e. The summed E-state index contributed by atoms with van der Waals surface area (Å²) in [5, 5.41) is 0. The number of hydrogen-bond acceptors (Lipinski definition) is 6. The summed E-state index contributed by atoms with van der Waals surface area (Å²) in [6, 6.07) is 3.61. The third kappa shape index (κ3) is 6.41. The van der Waals surface area contributed by atoms with Crippen molar-refractivity contribution in [3.8, 4) is 5.75 Å². The van der Waals surface area contributed by atoms with Crippen LogP contribution >= 0.6 is 15.9 Å². The molecular formula is C23H33BrN2O4. The molecule has 7 heteroatoms. The molecule has 4 rings (SSSR count). The lowest BCUT2D eigenvalue weighted by molar-refractivity contribution is 0.0236. The van der Waals surface area contributed by atoms with Gasteiger partial charge in [0.25, 0.3) is 0 Å². The number of rotatable bonds is 7. The van der Waals surface area contributed by atoms with Crippen molar-refractivity contribution in [2.24, 2.45) is 11.8 Å². The maximum Gasteiger partial charge on any atom is 0.361 e. The first-order valence-corrected chi connectivity index (χ1v) is 12.3. The second-order valence-corrected chi connectivity index (χ2v) is 9.59. The summed E-state index contributed by atoms with van der Waals surface area (Å²) in [6.07, 6.45) is 9.10. The summed E-state index contributed by atoms with van der Waals surface area (Å²) in [6.45, 7) is 5.07. The first-order valence-electron chi connectivity index (χ1n) is 11.5. The third-order valence-corrected chi connectivity index (χ3v) is 6.99. The number of carbonyl (C=O) groups is 1. The Bertz CT molecular complexity index is 710. The van der Waals surface area contributed by atoms with Gasteiger partial charge in [0, 0.05) is 19.6 Å². The van der Waals surface area contributed by atoms with Gasteiger partial charge in [0.15, 0.2) is 11.4 Å². The van der Waals surface area contributed by atoms with Gasteiger partial charge < -0.3 is 14.2 Å². The summed E-state index contributed by atoms with van der Waals surface area (Å²) >= 11 is 3.38. The van der Waals surface area contributed by atoms with Crippen LogP contribution in [0.15, 0.2) is 16.7 Å². The molecule has 1 aromatic heterocycles. The second-order valence-electron chi connectivity index (χ2n) is 8.78. The first-order chi connectivity index (χ1) is 14.7. The lowest BCUT2D eigenvalue weighted by atomic mass is 10.1. The highest BCUT2D eigenvalue weighted by molar-refractivity contribution is 9.10. The number of fused-ring (bicyclic) bond motifs is 1. The molecule has 3 unspecified atom stereocenters. The number of halogens is 1. The van der Waals surface area contributed by atoms with E-state index in [2.05, 4.69) is 25.8 Å². The lowest BCUT2D eigenvalue weighted by Gasteiger charge is -2.26. The van der Waals surface area contributed by atoms with E-state index in [1.165, 1.54) is 25.7 Å². The molecule has 30 heavy (non-hydrogen) atoms. The van der Waals surface area contributed by atoms with E-state index >= 15 is 0 Å². The standard InChI is InChI=1S/C23H33BrN2O4/c24-21-9-8-20(29-13-3-10-26-11-14-28-15-12-26)22(25-21)23(27)30-19-5-2-1-4-17-16-18(17)6-7-19/h8-9,17-19H,1-7,10-16H2. The molecule has 1 aliphatic heterocycles. The summed E-state index contributed by atoms with van der Waals surface area (Å²) in [5.74, 6) is 1.94. The normalized spacial score (nSPS) is 27.3. The van der Waals surface area contributed by atoms with Crippen molar-refractivity contribution in [2.75, 3.05) is 39.5 Å². The Balaban J connectivity index is 1.30. The van der Waals surface area contributed by atoms with Crippen molar-refractivity contribution < 1.29 is 19.0 Å². The molecule has 2 heterocycles. The maximum atomic E-state index is 12.9. The van der Waals surface area contributed by atoms with E-state index in [0.29, 0.717) is 17.0 Å². The minimum Gasteiger partial charge on any atom is -0.491 e. The van der Waals surface area contributed by atoms with E-state index in [1.807, 2.05) is 0 Å². The third-order valence-electron chi connectivity index (χ3n) is 6.55.